The number of rotatable bonds is 5. The predicted molar refractivity (Wildman–Crippen MR) is 64.8 cm³/mol. The number of carbonyl (C=O) groups is 1. The smallest absolute Gasteiger partial charge is 0.317 e. The number of hydrogen-bond donors (Lipinski definition) is 2. The summed E-state index contributed by atoms with van der Waals surface area (Å²) in [5.74, 6) is -0.105. The third-order valence-electron chi connectivity index (χ3n) is 3.94. The molecule has 0 spiro atoms. The summed E-state index contributed by atoms with van der Waals surface area (Å²) in [6.07, 6.45) is 7.22. The van der Waals surface area contributed by atoms with Crippen LogP contribution < -0.4 is 0 Å². The summed E-state index contributed by atoms with van der Waals surface area (Å²) < 4.78 is 0. The van der Waals surface area contributed by atoms with Crippen LogP contribution in [0.5, 0.6) is 0 Å². The Morgan fingerprint density at radius 2 is 1.82 bits per heavy atom. The maximum Gasteiger partial charge on any atom is 0.317 e. The van der Waals surface area contributed by atoms with Crippen LogP contribution in [0, 0.1) is 5.92 Å². The number of carboxylic acids is 1. The second-order valence-corrected chi connectivity index (χ2v) is 5.54. The van der Waals surface area contributed by atoms with Gasteiger partial charge in [0.1, 0.15) is 0 Å². The Bertz CT molecular complexity index is 265. The monoisotopic (exact) mass is 241 g/mol. The number of aliphatic carboxylic acids is 1. The second kappa shape index (κ2) is 5.83. The topological polar surface area (TPSA) is 60.8 Å². The molecule has 4 nitrogen and oxygen atoms in total. The Morgan fingerprint density at radius 3 is 2.47 bits per heavy atom. The molecule has 98 valence electrons. The molecule has 0 saturated heterocycles. The van der Waals surface area contributed by atoms with Crippen molar-refractivity contribution in [3.8, 4) is 0 Å². The van der Waals surface area contributed by atoms with E-state index >= 15 is 0 Å². The Hall–Kier alpha value is -0.610. The minimum atomic E-state index is -0.776. The lowest BCUT2D eigenvalue weighted by Gasteiger charge is -2.32. The molecule has 17 heavy (non-hydrogen) atoms. The maximum atomic E-state index is 10.9. The van der Waals surface area contributed by atoms with E-state index in [9.17, 15) is 9.90 Å². The lowest BCUT2D eigenvalue weighted by Crippen LogP contribution is -2.46. The van der Waals surface area contributed by atoms with Crippen LogP contribution in [0.25, 0.3) is 0 Å². The third kappa shape index (κ3) is 3.96. The van der Waals surface area contributed by atoms with Crippen molar-refractivity contribution in [1.29, 1.82) is 0 Å². The van der Waals surface area contributed by atoms with Crippen molar-refractivity contribution >= 4 is 5.97 Å². The van der Waals surface area contributed by atoms with Crippen LogP contribution in [0.15, 0.2) is 0 Å². The summed E-state index contributed by atoms with van der Waals surface area (Å²) in [5, 5.41) is 19.1. The molecule has 2 fully saturated rings. The van der Waals surface area contributed by atoms with E-state index in [2.05, 4.69) is 0 Å². The highest BCUT2D eigenvalue weighted by Crippen LogP contribution is 2.32. The first-order valence-electron chi connectivity index (χ1n) is 6.80. The van der Waals surface area contributed by atoms with Crippen LogP contribution >= 0.6 is 0 Å². The van der Waals surface area contributed by atoms with E-state index < -0.39 is 5.97 Å². The number of aliphatic hydroxyl groups is 1. The number of aliphatic hydroxyl groups excluding tert-OH is 1. The molecular weight excluding hydrogens is 218 g/mol. The fraction of sp³-hybridized carbons (Fsp3) is 0.923. The van der Waals surface area contributed by atoms with Crippen molar-refractivity contribution in [2.75, 3.05) is 13.1 Å². The zero-order valence-corrected chi connectivity index (χ0v) is 10.3. The minimum Gasteiger partial charge on any atom is -0.480 e. The van der Waals surface area contributed by atoms with E-state index in [0.717, 1.165) is 38.6 Å². The highest BCUT2D eigenvalue weighted by Gasteiger charge is 2.33. The van der Waals surface area contributed by atoms with Gasteiger partial charge in [-0.1, -0.05) is 19.3 Å². The summed E-state index contributed by atoms with van der Waals surface area (Å²) in [4.78, 5) is 12.9. The standard InChI is InChI=1S/C13H23NO3/c15-12-5-3-1-2-4-11(12)14(9-13(16)17)8-10-6-7-10/h10-12,15H,1-9H2,(H,16,17). The quantitative estimate of drug-likeness (QED) is 0.716. The normalized spacial score (nSPS) is 30.2. The SMILES string of the molecule is O=C(O)CN(CC1CC1)C1CCCCCC1O. The van der Waals surface area contributed by atoms with Crippen LogP contribution in [0.1, 0.15) is 44.9 Å². The summed E-state index contributed by atoms with van der Waals surface area (Å²) in [7, 11) is 0. The zero-order chi connectivity index (χ0) is 12.3. The molecule has 2 atom stereocenters. The molecule has 0 radical (unpaired) electrons. The van der Waals surface area contributed by atoms with Crippen LogP contribution in [0.3, 0.4) is 0 Å². The maximum absolute atomic E-state index is 10.9. The van der Waals surface area contributed by atoms with Gasteiger partial charge in [-0.05, 0) is 31.6 Å². The molecule has 0 bridgehead atoms. The molecule has 2 rings (SSSR count). The van der Waals surface area contributed by atoms with E-state index in [1.807, 2.05) is 4.90 Å². The van der Waals surface area contributed by atoms with Crippen molar-refractivity contribution in [1.82, 2.24) is 4.90 Å². The van der Waals surface area contributed by atoms with Crippen LogP contribution in [-0.4, -0.2) is 46.3 Å². The van der Waals surface area contributed by atoms with E-state index in [1.165, 1.54) is 12.8 Å². The molecule has 2 unspecified atom stereocenters. The van der Waals surface area contributed by atoms with Gasteiger partial charge < -0.3 is 10.2 Å². The Kier molecular flexibility index (Phi) is 4.40. The highest BCUT2D eigenvalue weighted by molar-refractivity contribution is 5.69. The number of carboxylic acid groups (broad SMARTS) is 1. The third-order valence-corrected chi connectivity index (χ3v) is 3.94. The largest absolute Gasteiger partial charge is 0.480 e. The van der Waals surface area contributed by atoms with E-state index in [-0.39, 0.29) is 18.7 Å². The Morgan fingerprint density at radius 1 is 1.12 bits per heavy atom. The Balaban J connectivity index is 1.97. The van der Waals surface area contributed by atoms with Crippen LogP contribution in [0.2, 0.25) is 0 Å². The van der Waals surface area contributed by atoms with Gasteiger partial charge in [0.15, 0.2) is 0 Å². The van der Waals surface area contributed by atoms with Crippen molar-refractivity contribution < 1.29 is 15.0 Å². The fourth-order valence-corrected chi connectivity index (χ4v) is 2.82. The average Bonchev–Trinajstić information content (AvgIpc) is 3.05. The molecule has 0 amide bonds. The van der Waals surface area contributed by atoms with Gasteiger partial charge in [0.25, 0.3) is 0 Å². The van der Waals surface area contributed by atoms with Crippen molar-refractivity contribution in [3.63, 3.8) is 0 Å². The second-order valence-electron chi connectivity index (χ2n) is 5.54. The molecule has 2 aliphatic carbocycles. The van der Waals surface area contributed by atoms with Gasteiger partial charge in [-0.3, -0.25) is 9.69 Å². The van der Waals surface area contributed by atoms with E-state index in [4.69, 9.17) is 5.11 Å². The van der Waals surface area contributed by atoms with Gasteiger partial charge in [0, 0.05) is 12.6 Å². The first kappa shape index (κ1) is 12.8. The van der Waals surface area contributed by atoms with Crippen LogP contribution in [0.4, 0.5) is 0 Å². The van der Waals surface area contributed by atoms with Gasteiger partial charge >= 0.3 is 5.97 Å². The molecule has 4 heteroatoms. The summed E-state index contributed by atoms with van der Waals surface area (Å²) in [6, 6.07) is 0.0641. The van der Waals surface area contributed by atoms with Crippen molar-refractivity contribution in [3.05, 3.63) is 0 Å². The molecule has 0 aromatic rings. The molecule has 0 aromatic heterocycles. The lowest BCUT2D eigenvalue weighted by atomic mass is 10.0. The minimum absolute atomic E-state index is 0.0641. The van der Waals surface area contributed by atoms with Gasteiger partial charge in [-0.15, -0.1) is 0 Å². The fourth-order valence-electron chi connectivity index (χ4n) is 2.82. The molecule has 2 N–H and O–H groups in total. The number of nitrogens with zero attached hydrogens (tertiary/aromatic N) is 1. The summed E-state index contributed by atoms with van der Waals surface area (Å²) in [6.45, 7) is 0.937. The Labute approximate surface area is 103 Å². The van der Waals surface area contributed by atoms with Gasteiger partial charge in [-0.25, -0.2) is 0 Å². The van der Waals surface area contributed by atoms with Gasteiger partial charge in [-0.2, -0.15) is 0 Å². The number of hydrogen-bond acceptors (Lipinski definition) is 3. The highest BCUT2D eigenvalue weighted by atomic mass is 16.4. The van der Waals surface area contributed by atoms with E-state index in [0.29, 0.717) is 5.92 Å². The van der Waals surface area contributed by atoms with Gasteiger partial charge in [0.05, 0.1) is 12.6 Å². The molecule has 2 aliphatic rings. The first-order chi connectivity index (χ1) is 8.16. The molecule has 0 heterocycles. The average molecular weight is 241 g/mol. The first-order valence-corrected chi connectivity index (χ1v) is 6.80. The van der Waals surface area contributed by atoms with Crippen LogP contribution in [-0.2, 0) is 4.79 Å². The summed E-state index contributed by atoms with van der Waals surface area (Å²) >= 11 is 0. The van der Waals surface area contributed by atoms with Crippen molar-refractivity contribution in [2.45, 2.75) is 57.1 Å². The zero-order valence-electron chi connectivity index (χ0n) is 10.3. The molecule has 2 saturated carbocycles. The summed E-state index contributed by atoms with van der Waals surface area (Å²) in [5.41, 5.74) is 0. The van der Waals surface area contributed by atoms with Gasteiger partial charge in [0.2, 0.25) is 0 Å². The molecule has 0 aromatic carbocycles. The van der Waals surface area contributed by atoms with E-state index in [1.54, 1.807) is 0 Å². The lowest BCUT2D eigenvalue weighted by molar-refractivity contribution is -0.139. The molecular formula is C13H23NO3. The van der Waals surface area contributed by atoms with Crippen molar-refractivity contribution in [2.24, 2.45) is 5.92 Å². The molecule has 0 aliphatic heterocycles. The predicted octanol–water partition coefficient (Wildman–Crippen LogP) is 1.48.